The summed E-state index contributed by atoms with van der Waals surface area (Å²) in [5.41, 5.74) is 5.85. The maximum absolute atomic E-state index is 11.5. The van der Waals surface area contributed by atoms with Gasteiger partial charge in [-0.1, -0.05) is 77.1 Å². The van der Waals surface area contributed by atoms with Gasteiger partial charge in [0.25, 0.3) is 0 Å². The molecule has 2 aliphatic rings. The van der Waals surface area contributed by atoms with Crippen molar-refractivity contribution in [3.05, 3.63) is 47.0 Å². The highest BCUT2D eigenvalue weighted by atomic mass is 16.1. The van der Waals surface area contributed by atoms with Gasteiger partial charge in [-0.2, -0.15) is 0 Å². The van der Waals surface area contributed by atoms with Crippen LogP contribution in [0.2, 0.25) is 0 Å². The van der Waals surface area contributed by atoms with Crippen LogP contribution in [0, 0.1) is 0 Å². The van der Waals surface area contributed by atoms with Gasteiger partial charge in [-0.05, 0) is 47.1 Å². The lowest BCUT2D eigenvalue weighted by atomic mass is 10.0. The largest absolute Gasteiger partial charge is 0.298 e. The standard InChI is InChI=1S/C22H30O/c1-4-5-6-7-8-9-11-19-14-20(16-23)22-15-18(17(2)3)12-10-13-21(19)22/h10,12-17H,4-9,11H2,1-3H3. The minimum absolute atomic E-state index is 0.474. The molecule has 0 aromatic carbocycles. The summed E-state index contributed by atoms with van der Waals surface area (Å²) in [5, 5.41) is 0. The Bertz CT molecular complexity index is 597. The van der Waals surface area contributed by atoms with Crippen molar-refractivity contribution in [2.24, 2.45) is 0 Å². The zero-order valence-electron chi connectivity index (χ0n) is 14.9. The molecule has 0 aliphatic heterocycles. The fourth-order valence-electron chi connectivity index (χ4n) is 3.26. The first kappa shape index (κ1) is 17.7. The number of hydrogen-bond acceptors (Lipinski definition) is 1. The average molecular weight is 310 g/mol. The molecule has 0 bridgehead atoms. The first-order chi connectivity index (χ1) is 11.2. The number of aldehydes is 1. The molecule has 0 aromatic rings. The van der Waals surface area contributed by atoms with E-state index in [1.54, 1.807) is 0 Å². The molecular formula is C22H30O. The first-order valence-corrected chi connectivity index (χ1v) is 9.18. The molecule has 0 N–H and O–H groups in total. The number of carbonyl (C=O) groups excluding carboxylic acids is 1. The van der Waals surface area contributed by atoms with Gasteiger partial charge in [-0.25, -0.2) is 0 Å². The fraction of sp³-hybridized carbons (Fsp3) is 0.500. The van der Waals surface area contributed by atoms with Crippen LogP contribution in [0.25, 0.3) is 11.1 Å². The highest BCUT2D eigenvalue weighted by Gasteiger charge is 2.15. The van der Waals surface area contributed by atoms with Crippen LogP contribution in [0.4, 0.5) is 0 Å². The van der Waals surface area contributed by atoms with Crippen molar-refractivity contribution < 1.29 is 4.79 Å². The Balaban J connectivity index is 2.12. The molecule has 1 heteroatoms. The van der Waals surface area contributed by atoms with Crippen LogP contribution in [0.1, 0.15) is 86.7 Å². The second-order valence-electron chi connectivity index (χ2n) is 6.91. The lowest BCUT2D eigenvalue weighted by molar-refractivity contribution is 0.112. The predicted octanol–water partition coefficient (Wildman–Crippen LogP) is 6.63. The smallest absolute Gasteiger partial charge is 0.150 e. The van der Waals surface area contributed by atoms with Crippen molar-refractivity contribution in [2.45, 2.75) is 71.6 Å². The Kier molecular flexibility index (Phi) is 6.83. The first-order valence-electron chi connectivity index (χ1n) is 9.18. The summed E-state index contributed by atoms with van der Waals surface area (Å²) in [6, 6.07) is 10.8. The molecule has 0 radical (unpaired) electrons. The van der Waals surface area contributed by atoms with Gasteiger partial charge in [0.2, 0.25) is 0 Å². The molecule has 23 heavy (non-hydrogen) atoms. The number of hydrogen-bond donors (Lipinski definition) is 0. The van der Waals surface area contributed by atoms with E-state index in [1.165, 1.54) is 55.2 Å². The quantitative estimate of drug-likeness (QED) is 0.375. The Labute approximate surface area is 141 Å². The van der Waals surface area contributed by atoms with Gasteiger partial charge in [-0.15, -0.1) is 0 Å². The molecule has 0 saturated heterocycles. The van der Waals surface area contributed by atoms with Crippen molar-refractivity contribution in [3.63, 3.8) is 0 Å². The number of fused-ring (bicyclic) bond motifs is 1. The van der Waals surface area contributed by atoms with Crippen molar-refractivity contribution in [1.82, 2.24) is 0 Å². The number of unbranched alkanes of at least 4 members (excludes halogenated alkanes) is 5. The molecule has 0 atom stereocenters. The third kappa shape index (κ3) is 4.67. The summed E-state index contributed by atoms with van der Waals surface area (Å²) >= 11 is 0. The summed E-state index contributed by atoms with van der Waals surface area (Å²) in [5.74, 6) is 0.474. The minimum Gasteiger partial charge on any atom is -0.298 e. The van der Waals surface area contributed by atoms with Crippen molar-refractivity contribution in [1.29, 1.82) is 0 Å². The van der Waals surface area contributed by atoms with E-state index in [4.69, 9.17) is 0 Å². The Morgan fingerprint density at radius 1 is 0.957 bits per heavy atom. The minimum atomic E-state index is 0.474. The van der Waals surface area contributed by atoms with Gasteiger partial charge >= 0.3 is 0 Å². The molecule has 0 spiro atoms. The van der Waals surface area contributed by atoms with E-state index < -0.39 is 0 Å². The molecule has 1 nitrogen and oxygen atoms in total. The van der Waals surface area contributed by atoms with E-state index in [2.05, 4.69) is 51.1 Å². The van der Waals surface area contributed by atoms with E-state index in [9.17, 15) is 4.79 Å². The van der Waals surface area contributed by atoms with Gasteiger partial charge in [0.05, 0.1) is 0 Å². The SMILES string of the molecule is CCCCCCCCc1cc(C=O)c2cc(C(C)C)cccc1-2. The van der Waals surface area contributed by atoms with E-state index >= 15 is 0 Å². The summed E-state index contributed by atoms with van der Waals surface area (Å²) in [4.78, 5) is 11.5. The van der Waals surface area contributed by atoms with Gasteiger partial charge in [0.1, 0.15) is 0 Å². The molecule has 124 valence electrons. The van der Waals surface area contributed by atoms with E-state index in [-0.39, 0.29) is 0 Å². The second kappa shape index (κ2) is 8.86. The van der Waals surface area contributed by atoms with E-state index in [0.717, 1.165) is 23.8 Å². The van der Waals surface area contributed by atoms with Crippen molar-refractivity contribution in [3.8, 4) is 11.1 Å². The Morgan fingerprint density at radius 3 is 2.39 bits per heavy atom. The third-order valence-corrected chi connectivity index (χ3v) is 4.73. The number of aryl methyl sites for hydroxylation is 1. The van der Waals surface area contributed by atoms with Gasteiger partial charge in [0, 0.05) is 5.56 Å². The van der Waals surface area contributed by atoms with Gasteiger partial charge in [-0.3, -0.25) is 4.79 Å². The molecular weight excluding hydrogens is 280 g/mol. The van der Waals surface area contributed by atoms with Crippen LogP contribution in [0.3, 0.4) is 0 Å². The lowest BCUT2D eigenvalue weighted by Gasteiger charge is -2.04. The van der Waals surface area contributed by atoms with Crippen molar-refractivity contribution >= 4 is 6.29 Å². The topological polar surface area (TPSA) is 17.1 Å². The zero-order chi connectivity index (χ0) is 16.7. The third-order valence-electron chi connectivity index (χ3n) is 4.73. The van der Waals surface area contributed by atoms with Gasteiger partial charge in [0.15, 0.2) is 6.29 Å². The summed E-state index contributed by atoms with van der Waals surface area (Å²) in [7, 11) is 0. The monoisotopic (exact) mass is 310 g/mol. The molecule has 2 aliphatic carbocycles. The number of carbonyl (C=O) groups is 1. The number of rotatable bonds is 9. The molecule has 2 rings (SSSR count). The second-order valence-corrected chi connectivity index (χ2v) is 6.91. The van der Waals surface area contributed by atoms with Crippen LogP contribution in [-0.2, 0) is 6.42 Å². The van der Waals surface area contributed by atoms with Crippen LogP contribution >= 0.6 is 0 Å². The zero-order valence-corrected chi connectivity index (χ0v) is 14.9. The maximum atomic E-state index is 11.5. The summed E-state index contributed by atoms with van der Waals surface area (Å²) in [6.45, 7) is 6.65. The molecule has 0 unspecified atom stereocenters. The summed E-state index contributed by atoms with van der Waals surface area (Å²) < 4.78 is 0. The molecule has 0 heterocycles. The van der Waals surface area contributed by atoms with Crippen LogP contribution in [-0.4, -0.2) is 6.29 Å². The van der Waals surface area contributed by atoms with E-state index in [0.29, 0.717) is 5.92 Å². The Hall–Kier alpha value is -1.63. The molecule has 0 aromatic heterocycles. The van der Waals surface area contributed by atoms with Crippen LogP contribution in [0.5, 0.6) is 0 Å². The lowest BCUT2D eigenvalue weighted by Crippen LogP contribution is -1.86. The summed E-state index contributed by atoms with van der Waals surface area (Å²) in [6.07, 6.45) is 9.93. The van der Waals surface area contributed by atoms with Gasteiger partial charge < -0.3 is 0 Å². The Morgan fingerprint density at radius 2 is 1.70 bits per heavy atom. The normalized spacial score (nSPS) is 11.3. The maximum Gasteiger partial charge on any atom is 0.150 e. The molecule has 0 amide bonds. The average Bonchev–Trinajstić information content (AvgIpc) is 2.72. The predicted molar refractivity (Wildman–Crippen MR) is 99.6 cm³/mol. The van der Waals surface area contributed by atoms with Crippen LogP contribution < -0.4 is 0 Å². The highest BCUT2D eigenvalue weighted by Crippen LogP contribution is 2.34. The molecule has 0 fully saturated rings. The van der Waals surface area contributed by atoms with Crippen molar-refractivity contribution in [2.75, 3.05) is 0 Å². The fourth-order valence-corrected chi connectivity index (χ4v) is 3.26. The van der Waals surface area contributed by atoms with Crippen LogP contribution in [0.15, 0.2) is 30.3 Å². The van der Waals surface area contributed by atoms with E-state index in [1.807, 2.05) is 0 Å². The highest BCUT2D eigenvalue weighted by molar-refractivity contribution is 5.91. The molecule has 0 saturated carbocycles.